The topological polar surface area (TPSA) is 15.3 Å². The van der Waals surface area contributed by atoms with E-state index in [0.29, 0.717) is 6.04 Å². The summed E-state index contributed by atoms with van der Waals surface area (Å²) in [6.07, 6.45) is 2.45. The molecular formula is C16H26N2. The normalized spacial score (nSPS) is 16.7. The molecule has 0 aromatic heterocycles. The highest BCUT2D eigenvalue weighted by Crippen LogP contribution is 2.36. The Morgan fingerprint density at radius 3 is 2.67 bits per heavy atom. The maximum atomic E-state index is 3.58. The molecule has 1 atom stereocenters. The summed E-state index contributed by atoms with van der Waals surface area (Å²) < 4.78 is 0. The van der Waals surface area contributed by atoms with Gasteiger partial charge in [-0.1, -0.05) is 32.9 Å². The number of rotatable bonds is 2. The molecule has 18 heavy (non-hydrogen) atoms. The molecule has 0 saturated carbocycles. The monoisotopic (exact) mass is 246 g/mol. The molecule has 0 saturated heterocycles. The summed E-state index contributed by atoms with van der Waals surface area (Å²) in [5.41, 5.74) is 4.44. The molecule has 0 bridgehead atoms. The van der Waals surface area contributed by atoms with E-state index in [1.54, 1.807) is 0 Å². The lowest BCUT2D eigenvalue weighted by atomic mass is 9.86. The molecule has 0 fully saturated rings. The third kappa shape index (κ3) is 2.47. The van der Waals surface area contributed by atoms with Gasteiger partial charge in [0.2, 0.25) is 0 Å². The molecule has 0 radical (unpaired) electrons. The lowest BCUT2D eigenvalue weighted by Crippen LogP contribution is -2.40. The predicted octanol–water partition coefficient (Wildman–Crippen LogP) is 3.92. The number of aryl methyl sites for hydroxylation is 1. The first-order chi connectivity index (χ1) is 8.41. The average molecular weight is 246 g/mol. The van der Waals surface area contributed by atoms with Gasteiger partial charge in [0, 0.05) is 19.6 Å². The average Bonchev–Trinajstić information content (AvgIpc) is 2.35. The Morgan fingerprint density at radius 2 is 2.00 bits per heavy atom. The van der Waals surface area contributed by atoms with Crippen molar-refractivity contribution in [3.05, 3.63) is 23.8 Å². The minimum Gasteiger partial charge on any atom is -0.383 e. The van der Waals surface area contributed by atoms with Crippen molar-refractivity contribution in [2.75, 3.05) is 23.8 Å². The molecule has 1 unspecified atom stereocenters. The summed E-state index contributed by atoms with van der Waals surface area (Å²) in [4.78, 5) is 2.41. The van der Waals surface area contributed by atoms with Crippen LogP contribution in [0.4, 0.5) is 11.4 Å². The van der Waals surface area contributed by atoms with Gasteiger partial charge >= 0.3 is 0 Å². The fraction of sp³-hybridized carbons (Fsp3) is 0.625. The van der Waals surface area contributed by atoms with Crippen molar-refractivity contribution in [1.29, 1.82) is 0 Å². The summed E-state index contributed by atoms with van der Waals surface area (Å²) in [6, 6.07) is 7.18. The van der Waals surface area contributed by atoms with E-state index in [2.05, 4.69) is 63.2 Å². The van der Waals surface area contributed by atoms with Crippen molar-refractivity contribution in [3.8, 4) is 0 Å². The van der Waals surface area contributed by atoms with Gasteiger partial charge in [-0.15, -0.1) is 0 Å². The van der Waals surface area contributed by atoms with Crippen LogP contribution >= 0.6 is 0 Å². The van der Waals surface area contributed by atoms with E-state index in [9.17, 15) is 0 Å². The minimum absolute atomic E-state index is 0.284. The van der Waals surface area contributed by atoms with Crippen LogP contribution in [0.2, 0.25) is 0 Å². The third-order valence-corrected chi connectivity index (χ3v) is 4.27. The lowest BCUT2D eigenvalue weighted by Gasteiger charge is -2.38. The van der Waals surface area contributed by atoms with Crippen molar-refractivity contribution < 1.29 is 0 Å². The number of fused-ring (bicyclic) bond motifs is 1. The molecule has 1 heterocycles. The summed E-state index contributed by atoms with van der Waals surface area (Å²) in [5, 5.41) is 3.58. The fourth-order valence-corrected chi connectivity index (χ4v) is 2.57. The number of hydrogen-bond donors (Lipinski definition) is 1. The zero-order chi connectivity index (χ0) is 13.3. The summed E-state index contributed by atoms with van der Waals surface area (Å²) in [6.45, 7) is 10.3. The summed E-state index contributed by atoms with van der Waals surface area (Å²) in [7, 11) is 2.21. The van der Waals surface area contributed by atoms with E-state index in [1.807, 2.05) is 0 Å². The second-order valence-corrected chi connectivity index (χ2v) is 6.49. The van der Waals surface area contributed by atoms with E-state index in [1.165, 1.54) is 29.8 Å². The number of para-hydroxylation sites is 1. The molecule has 0 aliphatic carbocycles. The van der Waals surface area contributed by atoms with Crippen LogP contribution in [0.3, 0.4) is 0 Å². The molecule has 0 spiro atoms. The van der Waals surface area contributed by atoms with Gasteiger partial charge < -0.3 is 10.2 Å². The van der Waals surface area contributed by atoms with Gasteiger partial charge in [-0.3, -0.25) is 0 Å². The first kappa shape index (κ1) is 13.3. The zero-order valence-corrected chi connectivity index (χ0v) is 12.4. The van der Waals surface area contributed by atoms with Crippen molar-refractivity contribution in [3.63, 3.8) is 0 Å². The molecule has 1 aromatic carbocycles. The van der Waals surface area contributed by atoms with Crippen molar-refractivity contribution in [2.24, 2.45) is 5.41 Å². The Labute approximate surface area is 111 Å². The molecule has 1 aliphatic rings. The largest absolute Gasteiger partial charge is 0.383 e. The standard InChI is InChI=1S/C16H26N2/c1-12(16(2,3)4)18(5)14-10-6-8-13-9-7-11-17-15(13)14/h6,8,10,12,17H,7,9,11H2,1-5H3. The Kier molecular flexibility index (Phi) is 3.56. The highest BCUT2D eigenvalue weighted by molar-refractivity contribution is 5.74. The number of hydrogen-bond acceptors (Lipinski definition) is 2. The Morgan fingerprint density at radius 1 is 1.28 bits per heavy atom. The van der Waals surface area contributed by atoms with Gasteiger partial charge in [-0.2, -0.15) is 0 Å². The van der Waals surface area contributed by atoms with E-state index >= 15 is 0 Å². The molecule has 0 amide bonds. The van der Waals surface area contributed by atoms with Crippen LogP contribution in [0, 0.1) is 5.41 Å². The van der Waals surface area contributed by atoms with Gasteiger partial charge in [0.15, 0.2) is 0 Å². The molecule has 100 valence electrons. The molecule has 1 N–H and O–H groups in total. The molecule has 1 aliphatic heterocycles. The Bertz CT molecular complexity index is 418. The molecule has 2 heteroatoms. The summed E-state index contributed by atoms with van der Waals surface area (Å²) >= 11 is 0. The van der Waals surface area contributed by atoms with E-state index in [0.717, 1.165) is 6.54 Å². The number of anilines is 2. The SMILES string of the molecule is CC(N(C)c1cccc2c1NCCC2)C(C)(C)C. The quantitative estimate of drug-likeness (QED) is 0.851. The number of nitrogens with one attached hydrogen (secondary N) is 1. The lowest BCUT2D eigenvalue weighted by molar-refractivity contribution is 0.330. The van der Waals surface area contributed by atoms with Crippen LogP contribution in [0.5, 0.6) is 0 Å². The van der Waals surface area contributed by atoms with Gasteiger partial charge in [0.25, 0.3) is 0 Å². The molecular weight excluding hydrogens is 220 g/mol. The molecule has 1 aromatic rings. The van der Waals surface area contributed by atoms with Crippen LogP contribution < -0.4 is 10.2 Å². The fourth-order valence-electron chi connectivity index (χ4n) is 2.57. The van der Waals surface area contributed by atoms with E-state index in [-0.39, 0.29) is 5.41 Å². The van der Waals surface area contributed by atoms with Gasteiger partial charge in [-0.25, -0.2) is 0 Å². The highest BCUT2D eigenvalue weighted by atomic mass is 15.2. The molecule has 2 nitrogen and oxygen atoms in total. The van der Waals surface area contributed by atoms with Crippen molar-refractivity contribution in [1.82, 2.24) is 0 Å². The summed E-state index contributed by atoms with van der Waals surface area (Å²) in [5.74, 6) is 0. The van der Waals surface area contributed by atoms with Crippen LogP contribution in [0.1, 0.15) is 39.7 Å². The Hall–Kier alpha value is -1.18. The zero-order valence-electron chi connectivity index (χ0n) is 12.4. The highest BCUT2D eigenvalue weighted by Gasteiger charge is 2.26. The third-order valence-electron chi connectivity index (χ3n) is 4.27. The van der Waals surface area contributed by atoms with Crippen molar-refractivity contribution in [2.45, 2.75) is 46.6 Å². The van der Waals surface area contributed by atoms with E-state index in [4.69, 9.17) is 0 Å². The van der Waals surface area contributed by atoms with Crippen LogP contribution in [0.15, 0.2) is 18.2 Å². The smallest absolute Gasteiger partial charge is 0.0610 e. The molecule has 2 rings (SSSR count). The van der Waals surface area contributed by atoms with Crippen LogP contribution in [-0.4, -0.2) is 19.6 Å². The van der Waals surface area contributed by atoms with Gasteiger partial charge in [-0.05, 0) is 36.8 Å². The van der Waals surface area contributed by atoms with E-state index < -0.39 is 0 Å². The van der Waals surface area contributed by atoms with Gasteiger partial charge in [0.1, 0.15) is 0 Å². The first-order valence-electron chi connectivity index (χ1n) is 7.00. The minimum atomic E-state index is 0.284. The predicted molar refractivity (Wildman–Crippen MR) is 80.6 cm³/mol. The van der Waals surface area contributed by atoms with Crippen LogP contribution in [-0.2, 0) is 6.42 Å². The Balaban J connectivity index is 2.33. The first-order valence-corrected chi connectivity index (χ1v) is 7.00. The second kappa shape index (κ2) is 4.83. The maximum absolute atomic E-state index is 3.58. The van der Waals surface area contributed by atoms with Gasteiger partial charge in [0.05, 0.1) is 11.4 Å². The maximum Gasteiger partial charge on any atom is 0.0610 e. The van der Waals surface area contributed by atoms with Crippen molar-refractivity contribution >= 4 is 11.4 Å². The number of nitrogens with zero attached hydrogens (tertiary/aromatic N) is 1. The van der Waals surface area contributed by atoms with Crippen LogP contribution in [0.25, 0.3) is 0 Å². The number of benzene rings is 1. The second-order valence-electron chi connectivity index (χ2n) is 6.49.